The van der Waals surface area contributed by atoms with Crippen molar-refractivity contribution >= 4 is 33.5 Å². The summed E-state index contributed by atoms with van der Waals surface area (Å²) in [6.45, 7) is 3.78. The van der Waals surface area contributed by atoms with E-state index < -0.39 is 36.6 Å². The summed E-state index contributed by atoms with van der Waals surface area (Å²) >= 11 is 3.31. The van der Waals surface area contributed by atoms with Crippen LogP contribution in [0.5, 0.6) is 5.75 Å². The molecule has 1 aromatic rings. The maximum absolute atomic E-state index is 12.4. The zero-order chi connectivity index (χ0) is 22.4. The number of aliphatic carboxylic acids is 1. The molecule has 0 spiro atoms. The lowest BCUT2D eigenvalue weighted by atomic mass is 9.98. The highest BCUT2D eigenvalue weighted by Crippen LogP contribution is 2.33. The topological polar surface area (TPSA) is 170 Å². The minimum atomic E-state index is -1.79. The molecule has 30 heavy (non-hydrogen) atoms. The number of anilines is 1. The largest absolute Gasteiger partial charge is 0.496 e. The third kappa shape index (κ3) is 5.59. The van der Waals surface area contributed by atoms with Crippen molar-refractivity contribution in [3.8, 4) is 5.75 Å². The van der Waals surface area contributed by atoms with Gasteiger partial charge >= 0.3 is 5.97 Å². The molecule has 1 heterocycles. The van der Waals surface area contributed by atoms with Gasteiger partial charge in [-0.25, -0.2) is 4.79 Å². The minimum Gasteiger partial charge on any atom is -0.496 e. The standard InChI is InChI=1S/C18H26BrN3O8/c1-3-20-4-5-21-16(26)8-6-9(19)10(7-11(8)29-2)22-17-14(25)12(23)13(24)15(30-17)18(27)28/h6-7,12-15,17,20,22-25H,3-5H2,1-2H3,(H,21,26)(H,27,28). The van der Waals surface area contributed by atoms with Gasteiger partial charge in [-0.05, 0) is 28.5 Å². The Morgan fingerprint density at radius 2 is 1.87 bits per heavy atom. The summed E-state index contributed by atoms with van der Waals surface area (Å²) in [7, 11) is 1.38. The number of halogens is 1. The van der Waals surface area contributed by atoms with E-state index in [2.05, 4.69) is 31.9 Å². The molecule has 1 aliphatic heterocycles. The fourth-order valence-corrected chi connectivity index (χ4v) is 3.36. The smallest absolute Gasteiger partial charge is 0.335 e. The second kappa shape index (κ2) is 10.9. The lowest BCUT2D eigenvalue weighted by Gasteiger charge is -2.39. The van der Waals surface area contributed by atoms with Gasteiger partial charge in [0.05, 0.1) is 18.4 Å². The van der Waals surface area contributed by atoms with E-state index in [1.165, 1.54) is 19.2 Å². The van der Waals surface area contributed by atoms with E-state index >= 15 is 0 Å². The van der Waals surface area contributed by atoms with Gasteiger partial charge in [0.1, 0.15) is 24.1 Å². The number of amides is 1. The number of rotatable bonds is 9. The molecule has 0 saturated carbocycles. The number of benzene rings is 1. The summed E-state index contributed by atoms with van der Waals surface area (Å²) < 4.78 is 10.9. The fraction of sp³-hybridized carbons (Fsp3) is 0.556. The van der Waals surface area contributed by atoms with E-state index in [9.17, 15) is 24.9 Å². The van der Waals surface area contributed by atoms with E-state index in [4.69, 9.17) is 14.6 Å². The summed E-state index contributed by atoms with van der Waals surface area (Å²) in [5, 5.41) is 47.6. The quantitative estimate of drug-likeness (QED) is 0.215. The third-order valence-corrected chi connectivity index (χ3v) is 5.18. The maximum atomic E-state index is 12.4. The van der Waals surface area contributed by atoms with Crippen molar-refractivity contribution in [1.29, 1.82) is 0 Å². The van der Waals surface area contributed by atoms with Crippen LogP contribution in [0.4, 0.5) is 5.69 Å². The molecule has 1 aromatic carbocycles. The SMILES string of the molecule is CCNCCNC(=O)c1cc(Br)c(NC2OC(C(=O)O)C(O)C(O)C2O)cc1OC. The number of aliphatic hydroxyl groups is 3. The lowest BCUT2D eigenvalue weighted by molar-refractivity contribution is -0.221. The van der Waals surface area contributed by atoms with Crippen molar-refractivity contribution in [3.05, 3.63) is 22.2 Å². The normalized spacial score (nSPS) is 26.1. The Morgan fingerprint density at radius 1 is 1.17 bits per heavy atom. The van der Waals surface area contributed by atoms with Crippen molar-refractivity contribution in [2.45, 2.75) is 37.6 Å². The number of carbonyl (C=O) groups is 2. The van der Waals surface area contributed by atoms with Gasteiger partial charge in [-0.3, -0.25) is 4.79 Å². The van der Waals surface area contributed by atoms with Gasteiger partial charge in [0.25, 0.3) is 5.91 Å². The molecule has 0 bridgehead atoms. The first-order valence-corrected chi connectivity index (χ1v) is 10.1. The molecular formula is C18H26BrN3O8. The molecule has 5 atom stereocenters. The molecule has 1 amide bonds. The number of carbonyl (C=O) groups excluding carboxylic acids is 1. The second-order valence-corrected chi connectivity index (χ2v) is 7.43. The Hall–Kier alpha value is -1.96. The Morgan fingerprint density at radius 3 is 2.47 bits per heavy atom. The monoisotopic (exact) mass is 491 g/mol. The molecule has 7 N–H and O–H groups in total. The predicted molar refractivity (Wildman–Crippen MR) is 110 cm³/mol. The number of ether oxygens (including phenoxy) is 2. The molecule has 0 aromatic heterocycles. The summed E-state index contributed by atoms with van der Waals surface area (Å²) in [6.07, 6.45) is -8.21. The zero-order valence-corrected chi connectivity index (χ0v) is 18.0. The van der Waals surface area contributed by atoms with Gasteiger partial charge < -0.3 is 45.9 Å². The van der Waals surface area contributed by atoms with E-state index in [1.54, 1.807) is 0 Å². The van der Waals surface area contributed by atoms with Crippen LogP contribution in [-0.4, -0.2) is 89.7 Å². The van der Waals surface area contributed by atoms with Crippen LogP contribution in [0.25, 0.3) is 0 Å². The second-order valence-electron chi connectivity index (χ2n) is 6.57. The van der Waals surface area contributed by atoms with Gasteiger partial charge in [-0.2, -0.15) is 0 Å². The third-order valence-electron chi connectivity index (χ3n) is 4.53. The van der Waals surface area contributed by atoms with Crippen LogP contribution in [0.2, 0.25) is 0 Å². The van der Waals surface area contributed by atoms with E-state index in [0.717, 1.165) is 6.54 Å². The van der Waals surface area contributed by atoms with E-state index in [0.29, 0.717) is 23.2 Å². The van der Waals surface area contributed by atoms with Crippen LogP contribution in [0.3, 0.4) is 0 Å². The number of carboxylic acid groups (broad SMARTS) is 1. The van der Waals surface area contributed by atoms with Crippen molar-refractivity contribution in [2.75, 3.05) is 32.1 Å². The number of hydrogen-bond acceptors (Lipinski definition) is 9. The highest BCUT2D eigenvalue weighted by molar-refractivity contribution is 9.10. The van der Waals surface area contributed by atoms with Crippen molar-refractivity contribution in [2.24, 2.45) is 0 Å². The number of nitrogens with one attached hydrogen (secondary N) is 3. The van der Waals surface area contributed by atoms with Crippen LogP contribution >= 0.6 is 15.9 Å². The first-order chi connectivity index (χ1) is 14.2. The number of likely N-dealkylation sites (N-methyl/N-ethyl adjacent to an activating group) is 1. The number of methoxy groups -OCH3 is 1. The van der Waals surface area contributed by atoms with Gasteiger partial charge in [-0.15, -0.1) is 0 Å². The minimum absolute atomic E-state index is 0.224. The predicted octanol–water partition coefficient (Wildman–Crippen LogP) is -0.899. The van der Waals surface area contributed by atoms with E-state index in [-0.39, 0.29) is 17.2 Å². The zero-order valence-electron chi connectivity index (χ0n) is 16.5. The molecule has 12 heteroatoms. The van der Waals surface area contributed by atoms with Crippen LogP contribution in [0.1, 0.15) is 17.3 Å². The highest BCUT2D eigenvalue weighted by Gasteiger charge is 2.47. The Balaban J connectivity index is 2.20. The van der Waals surface area contributed by atoms with Crippen molar-refractivity contribution in [3.63, 3.8) is 0 Å². The highest BCUT2D eigenvalue weighted by atomic mass is 79.9. The summed E-state index contributed by atoms with van der Waals surface area (Å²) in [5.41, 5.74) is 0.572. The molecule has 1 fully saturated rings. The van der Waals surface area contributed by atoms with Gasteiger partial charge in [0.15, 0.2) is 12.3 Å². The van der Waals surface area contributed by atoms with Crippen LogP contribution in [-0.2, 0) is 9.53 Å². The van der Waals surface area contributed by atoms with E-state index in [1.807, 2.05) is 6.92 Å². The Kier molecular flexibility index (Phi) is 8.82. The summed E-state index contributed by atoms with van der Waals surface area (Å²) in [4.78, 5) is 23.7. The molecule has 168 valence electrons. The first kappa shape index (κ1) is 24.3. The molecular weight excluding hydrogens is 466 g/mol. The van der Waals surface area contributed by atoms with Crippen molar-refractivity contribution in [1.82, 2.24) is 10.6 Å². The van der Waals surface area contributed by atoms with Gasteiger partial charge in [0.2, 0.25) is 0 Å². The molecule has 1 aliphatic rings. The van der Waals surface area contributed by atoms with Gasteiger partial charge in [-0.1, -0.05) is 6.92 Å². The summed E-state index contributed by atoms with van der Waals surface area (Å²) in [6, 6.07) is 2.96. The summed E-state index contributed by atoms with van der Waals surface area (Å²) in [5.74, 6) is -1.61. The van der Waals surface area contributed by atoms with Crippen LogP contribution < -0.4 is 20.7 Å². The fourth-order valence-electron chi connectivity index (χ4n) is 2.90. The molecule has 0 radical (unpaired) electrons. The lowest BCUT2D eigenvalue weighted by Crippen LogP contribution is -2.61. The van der Waals surface area contributed by atoms with Crippen LogP contribution in [0.15, 0.2) is 16.6 Å². The Bertz CT molecular complexity index is 765. The maximum Gasteiger partial charge on any atom is 0.335 e. The molecule has 11 nitrogen and oxygen atoms in total. The number of aliphatic hydroxyl groups excluding tert-OH is 3. The Labute approximate surface area is 181 Å². The first-order valence-electron chi connectivity index (χ1n) is 9.26. The number of carboxylic acids is 1. The van der Waals surface area contributed by atoms with Crippen molar-refractivity contribution < 1.29 is 39.5 Å². The molecule has 1 saturated heterocycles. The molecule has 5 unspecified atom stereocenters. The van der Waals surface area contributed by atoms with Crippen LogP contribution in [0, 0.1) is 0 Å². The molecule has 0 aliphatic carbocycles. The average Bonchev–Trinajstić information content (AvgIpc) is 2.72. The average molecular weight is 492 g/mol. The van der Waals surface area contributed by atoms with Gasteiger partial charge in [0, 0.05) is 23.6 Å². The number of hydrogen-bond donors (Lipinski definition) is 7. The molecule has 2 rings (SSSR count).